The van der Waals surface area contributed by atoms with Crippen LogP contribution in [0.2, 0.25) is 0 Å². The van der Waals surface area contributed by atoms with Crippen LogP contribution in [0.25, 0.3) is 0 Å². The van der Waals surface area contributed by atoms with Crippen molar-refractivity contribution in [3.63, 3.8) is 0 Å². The van der Waals surface area contributed by atoms with Gasteiger partial charge < -0.3 is 10.5 Å². The molecule has 2 unspecified atom stereocenters. The minimum atomic E-state index is 0.363. The van der Waals surface area contributed by atoms with E-state index in [0.29, 0.717) is 12.1 Å². The molecule has 0 amide bonds. The second-order valence-electron chi connectivity index (χ2n) is 7.10. The van der Waals surface area contributed by atoms with E-state index in [4.69, 9.17) is 10.5 Å². The van der Waals surface area contributed by atoms with Gasteiger partial charge >= 0.3 is 0 Å². The fraction of sp³-hybridized carbons (Fsp3) is 1.00. The molecule has 2 rings (SSSR count). The van der Waals surface area contributed by atoms with Crippen LogP contribution in [-0.2, 0) is 4.74 Å². The Morgan fingerprint density at radius 2 is 1.43 bits per heavy atom. The van der Waals surface area contributed by atoms with E-state index in [1.54, 1.807) is 0 Å². The molecule has 0 saturated heterocycles. The Morgan fingerprint density at radius 1 is 0.857 bits per heavy atom. The van der Waals surface area contributed by atoms with Crippen molar-refractivity contribution in [1.82, 2.24) is 4.90 Å². The van der Waals surface area contributed by atoms with Crippen molar-refractivity contribution in [3.8, 4) is 0 Å². The Morgan fingerprint density at radius 3 is 2.00 bits per heavy atom. The fourth-order valence-electron chi connectivity index (χ4n) is 3.83. The van der Waals surface area contributed by atoms with Crippen molar-refractivity contribution in [1.29, 1.82) is 0 Å². The third-order valence-corrected chi connectivity index (χ3v) is 5.28. The Bertz CT molecular complexity index is 268. The Balaban J connectivity index is 1.91. The molecule has 2 atom stereocenters. The molecule has 2 fully saturated rings. The molecule has 21 heavy (non-hydrogen) atoms. The topological polar surface area (TPSA) is 38.5 Å². The van der Waals surface area contributed by atoms with Crippen LogP contribution in [0.3, 0.4) is 0 Å². The highest BCUT2D eigenvalue weighted by atomic mass is 16.5. The molecule has 3 heteroatoms. The van der Waals surface area contributed by atoms with Gasteiger partial charge in [0.15, 0.2) is 0 Å². The van der Waals surface area contributed by atoms with Gasteiger partial charge in [-0.1, -0.05) is 51.4 Å². The maximum Gasteiger partial charge on any atom is 0.0589 e. The standard InChI is InChI=1S/C18H36N2O/c1-21-15-14-20(16-12-13-16)18-11-9-7-5-3-2-4-6-8-10-17(18)19/h16-18H,2-15,19H2,1H3. The van der Waals surface area contributed by atoms with Gasteiger partial charge in [-0.3, -0.25) is 4.90 Å². The molecule has 124 valence electrons. The van der Waals surface area contributed by atoms with Crippen LogP contribution in [0, 0.1) is 0 Å². The molecule has 2 aliphatic rings. The summed E-state index contributed by atoms with van der Waals surface area (Å²) in [4.78, 5) is 2.69. The summed E-state index contributed by atoms with van der Waals surface area (Å²) < 4.78 is 5.33. The summed E-state index contributed by atoms with van der Waals surface area (Å²) in [6, 6.07) is 1.75. The van der Waals surface area contributed by atoms with Gasteiger partial charge in [0.1, 0.15) is 0 Å². The zero-order valence-corrected chi connectivity index (χ0v) is 14.1. The van der Waals surface area contributed by atoms with Crippen molar-refractivity contribution in [2.75, 3.05) is 20.3 Å². The minimum Gasteiger partial charge on any atom is -0.383 e. The summed E-state index contributed by atoms with van der Waals surface area (Å²) in [6.45, 7) is 1.92. The second-order valence-corrected chi connectivity index (χ2v) is 7.10. The molecule has 0 heterocycles. The van der Waals surface area contributed by atoms with Crippen molar-refractivity contribution in [3.05, 3.63) is 0 Å². The van der Waals surface area contributed by atoms with Crippen molar-refractivity contribution in [2.45, 2.75) is 95.2 Å². The van der Waals surface area contributed by atoms with Gasteiger partial charge in [-0.2, -0.15) is 0 Å². The third-order valence-electron chi connectivity index (χ3n) is 5.28. The van der Waals surface area contributed by atoms with Crippen LogP contribution >= 0.6 is 0 Å². The van der Waals surface area contributed by atoms with Crippen LogP contribution < -0.4 is 5.73 Å². The zero-order valence-electron chi connectivity index (χ0n) is 14.1. The lowest BCUT2D eigenvalue weighted by Gasteiger charge is -2.36. The monoisotopic (exact) mass is 296 g/mol. The largest absolute Gasteiger partial charge is 0.383 e. The van der Waals surface area contributed by atoms with Crippen LogP contribution in [0.15, 0.2) is 0 Å². The van der Waals surface area contributed by atoms with E-state index in [0.717, 1.165) is 19.2 Å². The highest BCUT2D eigenvalue weighted by Crippen LogP contribution is 2.31. The van der Waals surface area contributed by atoms with Gasteiger partial charge in [0.25, 0.3) is 0 Å². The summed E-state index contributed by atoms with van der Waals surface area (Å²) in [6.07, 6.45) is 16.4. The molecule has 2 N–H and O–H groups in total. The van der Waals surface area contributed by atoms with Gasteiger partial charge in [-0.05, 0) is 25.7 Å². The highest BCUT2D eigenvalue weighted by molar-refractivity contribution is 4.92. The Labute approximate surface area is 131 Å². The van der Waals surface area contributed by atoms with E-state index in [2.05, 4.69) is 4.90 Å². The minimum absolute atomic E-state index is 0.363. The summed E-state index contributed by atoms with van der Waals surface area (Å²) >= 11 is 0. The van der Waals surface area contributed by atoms with Gasteiger partial charge in [0.05, 0.1) is 6.61 Å². The maximum atomic E-state index is 6.61. The van der Waals surface area contributed by atoms with Gasteiger partial charge in [0.2, 0.25) is 0 Å². The normalized spacial score (nSPS) is 29.9. The molecular formula is C18H36N2O. The first kappa shape index (κ1) is 17.2. The number of methoxy groups -OCH3 is 1. The predicted molar refractivity (Wildman–Crippen MR) is 89.5 cm³/mol. The molecule has 0 radical (unpaired) electrons. The quantitative estimate of drug-likeness (QED) is 0.840. The molecule has 0 bridgehead atoms. The zero-order chi connectivity index (χ0) is 14.9. The first-order chi connectivity index (χ1) is 10.3. The number of nitrogens with two attached hydrogens (primary N) is 1. The predicted octanol–water partition coefficient (Wildman–Crippen LogP) is 3.71. The number of hydrogen-bond donors (Lipinski definition) is 1. The van der Waals surface area contributed by atoms with E-state index in [-0.39, 0.29) is 0 Å². The lowest BCUT2D eigenvalue weighted by molar-refractivity contribution is 0.0941. The average molecular weight is 296 g/mol. The smallest absolute Gasteiger partial charge is 0.0589 e. The van der Waals surface area contributed by atoms with E-state index >= 15 is 0 Å². The number of ether oxygens (including phenoxy) is 1. The molecule has 0 aromatic carbocycles. The summed E-state index contributed by atoms with van der Waals surface area (Å²) in [5, 5.41) is 0. The summed E-state index contributed by atoms with van der Waals surface area (Å²) in [7, 11) is 1.81. The lowest BCUT2D eigenvalue weighted by Crippen LogP contribution is -2.50. The molecule has 0 spiro atoms. The van der Waals surface area contributed by atoms with Crippen LogP contribution in [0.1, 0.15) is 77.0 Å². The number of nitrogens with zero attached hydrogens (tertiary/aromatic N) is 1. The first-order valence-corrected chi connectivity index (χ1v) is 9.33. The fourth-order valence-corrected chi connectivity index (χ4v) is 3.83. The van der Waals surface area contributed by atoms with Crippen molar-refractivity contribution < 1.29 is 4.74 Å². The molecule has 0 aromatic rings. The van der Waals surface area contributed by atoms with Crippen molar-refractivity contribution in [2.24, 2.45) is 5.73 Å². The van der Waals surface area contributed by atoms with E-state index < -0.39 is 0 Å². The molecule has 2 aliphatic carbocycles. The van der Waals surface area contributed by atoms with Gasteiger partial charge in [0, 0.05) is 31.8 Å². The SMILES string of the molecule is COCCN(C1CC1)C1CCCCCCCCCCC1N. The van der Waals surface area contributed by atoms with E-state index in [9.17, 15) is 0 Å². The van der Waals surface area contributed by atoms with Crippen LogP contribution in [0.5, 0.6) is 0 Å². The Hall–Kier alpha value is -0.120. The van der Waals surface area contributed by atoms with Gasteiger partial charge in [-0.15, -0.1) is 0 Å². The first-order valence-electron chi connectivity index (χ1n) is 9.33. The number of hydrogen-bond acceptors (Lipinski definition) is 3. The molecule has 2 saturated carbocycles. The van der Waals surface area contributed by atoms with E-state index in [1.807, 2.05) is 7.11 Å². The molecule has 3 nitrogen and oxygen atoms in total. The Kier molecular flexibility index (Phi) is 8.05. The third kappa shape index (κ3) is 6.25. The molecule has 0 aromatic heterocycles. The summed E-state index contributed by atoms with van der Waals surface area (Å²) in [5.74, 6) is 0. The molecule has 0 aliphatic heterocycles. The average Bonchev–Trinajstić information content (AvgIpc) is 3.30. The van der Waals surface area contributed by atoms with Crippen LogP contribution in [0.4, 0.5) is 0 Å². The molecular weight excluding hydrogens is 260 g/mol. The van der Waals surface area contributed by atoms with E-state index in [1.165, 1.54) is 77.0 Å². The summed E-state index contributed by atoms with van der Waals surface area (Å²) in [5.41, 5.74) is 6.61. The maximum absolute atomic E-state index is 6.61. The van der Waals surface area contributed by atoms with Crippen LogP contribution in [-0.4, -0.2) is 43.3 Å². The lowest BCUT2D eigenvalue weighted by atomic mass is 9.93. The number of rotatable bonds is 5. The van der Waals surface area contributed by atoms with Gasteiger partial charge in [-0.25, -0.2) is 0 Å². The highest BCUT2D eigenvalue weighted by Gasteiger charge is 2.35. The second kappa shape index (κ2) is 9.81. The van der Waals surface area contributed by atoms with Crippen molar-refractivity contribution >= 4 is 0 Å².